The summed E-state index contributed by atoms with van der Waals surface area (Å²) in [5.41, 5.74) is 10.1. The van der Waals surface area contributed by atoms with E-state index in [1.165, 1.54) is 62.2 Å². The molecule has 0 heterocycles. The second-order valence-electron chi connectivity index (χ2n) is 21.7. The Labute approximate surface area is 474 Å². The molecule has 0 aliphatic rings. The van der Waals surface area contributed by atoms with Crippen LogP contribution in [-0.2, 0) is 6.61 Å². The summed E-state index contributed by atoms with van der Waals surface area (Å²) >= 11 is 0. The average Bonchev–Trinajstić information content (AvgIpc) is 3.38. The Morgan fingerprint density at radius 1 is 0.312 bits per heavy atom. The molecule has 11 heteroatoms. The van der Waals surface area contributed by atoms with Crippen LogP contribution in [0.5, 0.6) is 11.5 Å². The van der Waals surface area contributed by atoms with Crippen LogP contribution in [0.25, 0.3) is 0 Å². The van der Waals surface area contributed by atoms with Gasteiger partial charge in [0, 0.05) is 6.07 Å². The fourth-order valence-electron chi connectivity index (χ4n) is 7.18. The van der Waals surface area contributed by atoms with Crippen LogP contribution in [0, 0.1) is 67.3 Å². The summed E-state index contributed by atoms with van der Waals surface area (Å²) in [5.74, 6) is 0.915. The first-order valence-corrected chi connectivity index (χ1v) is 27.2. The lowest BCUT2D eigenvalue weighted by molar-refractivity contribution is 0.281. The summed E-state index contributed by atoms with van der Waals surface area (Å²) in [4.78, 5) is 0. The van der Waals surface area contributed by atoms with E-state index in [1.807, 2.05) is 90.9 Å². The van der Waals surface area contributed by atoms with Crippen molar-refractivity contribution < 1.29 is 49.7 Å². The topological polar surface area (TPSA) is 38.7 Å². The van der Waals surface area contributed by atoms with Gasteiger partial charge in [0.2, 0.25) is 0 Å². The summed E-state index contributed by atoms with van der Waals surface area (Å²) in [7, 11) is 2.94. The van der Waals surface area contributed by atoms with E-state index in [9.17, 15) is 35.1 Å². The highest BCUT2D eigenvalue weighted by molar-refractivity contribution is 5.33. The normalized spacial score (nSPS) is 10.6. The van der Waals surface area contributed by atoms with E-state index in [0.29, 0.717) is 58.1 Å². The third-order valence-corrected chi connectivity index (χ3v) is 12.5. The van der Waals surface area contributed by atoms with Gasteiger partial charge < -0.3 is 14.6 Å². The van der Waals surface area contributed by atoms with Gasteiger partial charge in [-0.2, -0.15) is 0 Å². The summed E-state index contributed by atoms with van der Waals surface area (Å²) in [6, 6.07) is 34.1. The average molecular weight is 1120 g/mol. The number of benzene rings is 7. The maximum absolute atomic E-state index is 13.1. The van der Waals surface area contributed by atoms with Crippen molar-refractivity contribution >= 4 is 0 Å². The van der Waals surface area contributed by atoms with E-state index < -0.39 is 11.6 Å². The largest absolute Gasteiger partial charge is 0.494 e. The smallest absolute Gasteiger partial charge is 0.165 e. The Morgan fingerprint density at radius 2 is 0.675 bits per heavy atom. The van der Waals surface area contributed by atoms with Gasteiger partial charge >= 0.3 is 0 Å². The van der Waals surface area contributed by atoms with Gasteiger partial charge in [-0.05, 0) is 196 Å². The van der Waals surface area contributed by atoms with Crippen LogP contribution in [0.4, 0.5) is 35.1 Å². The van der Waals surface area contributed by atoms with Gasteiger partial charge in [0.05, 0.1) is 20.8 Å². The molecule has 0 bridgehead atoms. The molecule has 0 spiro atoms. The molecule has 1 N–H and O–H groups in total. The molecule has 7 aromatic rings. The minimum atomic E-state index is -0.506. The molecule has 7 rings (SSSR count). The third-order valence-electron chi connectivity index (χ3n) is 12.5. The number of aliphatic hydroxyl groups excluding tert-OH is 1. The van der Waals surface area contributed by atoms with Gasteiger partial charge in [-0.25, -0.2) is 35.1 Å². The van der Waals surface area contributed by atoms with Crippen molar-refractivity contribution in [2.24, 2.45) is 0 Å². The van der Waals surface area contributed by atoms with E-state index in [2.05, 4.69) is 55.4 Å². The van der Waals surface area contributed by atoms with E-state index in [1.54, 1.807) is 50.2 Å². The number of aliphatic hydroxyl groups is 1. The Balaban J connectivity index is 0.000000467. The van der Waals surface area contributed by atoms with Crippen molar-refractivity contribution in [2.75, 3.05) is 14.2 Å². The number of ether oxygens (including phenoxy) is 2. The number of hydrogen-bond donors (Lipinski definition) is 1. The molecule has 0 saturated heterocycles. The highest BCUT2D eigenvalue weighted by Crippen LogP contribution is 2.25. The van der Waals surface area contributed by atoms with E-state index in [4.69, 9.17) is 14.6 Å². The molecule has 0 unspecified atom stereocenters. The van der Waals surface area contributed by atoms with Crippen LogP contribution in [0.15, 0.2) is 127 Å². The lowest BCUT2D eigenvalue weighted by Gasteiger charge is -2.07. The van der Waals surface area contributed by atoms with Crippen LogP contribution < -0.4 is 9.47 Å². The summed E-state index contributed by atoms with van der Waals surface area (Å²) in [6.07, 6.45) is 0. The number of methoxy groups -OCH3 is 2. The number of aryl methyl sites for hydroxylation is 3. The van der Waals surface area contributed by atoms with E-state index >= 15 is 0 Å². The highest BCUT2D eigenvalue weighted by atomic mass is 19.2. The molecule has 438 valence electrons. The fourth-order valence-corrected chi connectivity index (χ4v) is 7.18. The fraction of sp³-hybridized carbons (Fsp3) is 0.391. The van der Waals surface area contributed by atoms with Gasteiger partial charge in [0.15, 0.2) is 23.1 Å². The maximum atomic E-state index is 13.1. The van der Waals surface area contributed by atoms with Crippen molar-refractivity contribution in [3.05, 3.63) is 235 Å². The zero-order valence-electron chi connectivity index (χ0n) is 50.7. The molecule has 0 saturated carbocycles. The monoisotopic (exact) mass is 1120 g/mol. The molecule has 0 aliphatic heterocycles. The lowest BCUT2D eigenvalue weighted by Crippen LogP contribution is -1.92. The Morgan fingerprint density at radius 3 is 1.07 bits per heavy atom. The Kier molecular flexibility index (Phi) is 32.2. The summed E-state index contributed by atoms with van der Waals surface area (Å²) < 4.78 is 112. The van der Waals surface area contributed by atoms with Gasteiger partial charge in [0.1, 0.15) is 34.9 Å². The first-order valence-electron chi connectivity index (χ1n) is 27.2. The first-order chi connectivity index (χ1) is 37.3. The predicted octanol–water partition coefficient (Wildman–Crippen LogP) is 21.2. The Hall–Kier alpha value is -6.46. The second-order valence-corrected chi connectivity index (χ2v) is 21.7. The third kappa shape index (κ3) is 26.7. The first kappa shape index (κ1) is 71.6. The second kappa shape index (κ2) is 36.0. The molecule has 0 radical (unpaired) electrons. The number of rotatable bonds is 10. The van der Waals surface area contributed by atoms with Crippen LogP contribution in [0.3, 0.4) is 0 Å². The number of hydrogen-bond acceptors (Lipinski definition) is 3. The van der Waals surface area contributed by atoms with Gasteiger partial charge in [0.25, 0.3) is 0 Å². The van der Waals surface area contributed by atoms with E-state index in [-0.39, 0.29) is 47.4 Å². The zero-order chi connectivity index (χ0) is 61.1. The van der Waals surface area contributed by atoms with Crippen molar-refractivity contribution in [3.63, 3.8) is 0 Å². The molecule has 0 atom stereocenters. The van der Waals surface area contributed by atoms with Gasteiger partial charge in [-0.15, -0.1) is 0 Å². The SMILES string of the molecule is CC(C)c1cc(F)cc(CO)c1.CC(C)c1cc(F)cc(F)c1.COc1cc(C(C)C)ccc1F.COc1ccc(C(C)C)cc1F.Cc1cc(C(C)C)ccc1F.Cc1cc(F)cc(C(C)C)c1.Cc1ccc(C(C)C)cc1F. The highest BCUT2D eigenvalue weighted by Gasteiger charge is 2.09. The molecule has 7 aromatic carbocycles. The summed E-state index contributed by atoms with van der Waals surface area (Å²) in [6.45, 7) is 33.8. The molecule has 0 aromatic heterocycles. The molecular formula is C69H88F8O3. The van der Waals surface area contributed by atoms with Crippen molar-refractivity contribution in [2.45, 2.75) is 166 Å². The van der Waals surface area contributed by atoms with Crippen molar-refractivity contribution in [1.29, 1.82) is 0 Å². The lowest BCUT2D eigenvalue weighted by atomic mass is 10.0. The van der Waals surface area contributed by atoms with Crippen molar-refractivity contribution in [3.8, 4) is 11.5 Å². The van der Waals surface area contributed by atoms with E-state index in [0.717, 1.165) is 50.6 Å². The van der Waals surface area contributed by atoms with Crippen LogP contribution in [0.1, 0.15) is 200 Å². The minimum Gasteiger partial charge on any atom is -0.494 e. The molecule has 3 nitrogen and oxygen atoms in total. The molecule has 0 fully saturated rings. The molecule has 0 aliphatic carbocycles. The van der Waals surface area contributed by atoms with Crippen LogP contribution in [0.2, 0.25) is 0 Å². The number of halogens is 8. The maximum Gasteiger partial charge on any atom is 0.165 e. The van der Waals surface area contributed by atoms with Gasteiger partial charge in [-0.3, -0.25) is 0 Å². The zero-order valence-corrected chi connectivity index (χ0v) is 50.7. The molecule has 0 amide bonds. The Bertz CT molecular complexity index is 2770. The quantitative estimate of drug-likeness (QED) is 0.139. The van der Waals surface area contributed by atoms with Crippen LogP contribution in [-0.4, -0.2) is 19.3 Å². The predicted molar refractivity (Wildman–Crippen MR) is 317 cm³/mol. The van der Waals surface area contributed by atoms with Gasteiger partial charge in [-0.1, -0.05) is 145 Å². The molecular weight excluding hydrogens is 1030 g/mol. The summed E-state index contributed by atoms with van der Waals surface area (Å²) in [5, 5.41) is 8.80. The minimum absolute atomic E-state index is 0.0997. The molecule has 80 heavy (non-hydrogen) atoms. The standard InChI is InChI=1S/3C10H13FO.3C10H13F.C9H10F2/c1-7(2)9-3-8(6-12)4-10(11)5-9;1-7(2)8-4-5-10(12-3)9(11)6-8;1-7(2)8-4-5-9(11)10(6-8)12-3;1-7(2)9-4-8(3)5-10(11)6-9;1-7(2)9-4-5-10(11)8(3)6-9;1-7(2)9-5-4-8(3)10(11)6-9;1-6(2)7-3-8(10)5-9(11)4-7/h3-5,7,12H,6H2,1-2H3;2*4-7H,1-3H3;3*4-7H,1-3H3;3-6H,1-2H3. The van der Waals surface area contributed by atoms with Crippen molar-refractivity contribution in [1.82, 2.24) is 0 Å². The van der Waals surface area contributed by atoms with Crippen LogP contribution >= 0.6 is 0 Å².